The van der Waals surface area contributed by atoms with Crippen LogP contribution in [0.25, 0.3) is 0 Å². The standard InChI is InChI=1S/C18H15P.C9H11Cl/c1-4-10-16(11-5-1)19(17-12-6-2-7-13-17)18-14-8-3-9-15-18;1-7-3-4-9(6-10)8(2)5-7/h1-15H;3-5H,6H2,1-2H3. The van der Waals surface area contributed by atoms with Crippen molar-refractivity contribution >= 4 is 35.4 Å². The summed E-state index contributed by atoms with van der Waals surface area (Å²) in [5.41, 5.74) is 3.81. The minimum Gasteiger partial charge on any atom is -0.122 e. The van der Waals surface area contributed by atoms with E-state index in [0.717, 1.165) is 0 Å². The van der Waals surface area contributed by atoms with Gasteiger partial charge in [-0.05, 0) is 48.8 Å². The largest absolute Gasteiger partial charge is 0.122 e. The average molecular weight is 417 g/mol. The van der Waals surface area contributed by atoms with E-state index in [4.69, 9.17) is 11.6 Å². The third-order valence-electron chi connectivity index (χ3n) is 4.69. The number of alkyl halides is 1. The zero-order valence-electron chi connectivity index (χ0n) is 16.9. The van der Waals surface area contributed by atoms with Gasteiger partial charge in [-0.3, -0.25) is 0 Å². The minimum absolute atomic E-state index is 0.446. The van der Waals surface area contributed by atoms with Gasteiger partial charge in [-0.15, -0.1) is 11.6 Å². The Balaban J connectivity index is 0.000000204. The summed E-state index contributed by atoms with van der Waals surface area (Å²) in [6.45, 7) is 4.18. The zero-order valence-corrected chi connectivity index (χ0v) is 18.6. The smallest absolute Gasteiger partial charge is 0.0476 e. The van der Waals surface area contributed by atoms with E-state index in [2.05, 4.69) is 123 Å². The second-order valence-electron chi connectivity index (χ2n) is 6.91. The maximum atomic E-state index is 5.68. The van der Waals surface area contributed by atoms with Crippen LogP contribution in [-0.2, 0) is 5.88 Å². The Kier molecular flexibility index (Phi) is 8.05. The summed E-state index contributed by atoms with van der Waals surface area (Å²) >= 11 is 5.68. The van der Waals surface area contributed by atoms with Gasteiger partial charge in [0.25, 0.3) is 0 Å². The summed E-state index contributed by atoms with van der Waals surface area (Å²) in [4.78, 5) is 0. The molecule has 146 valence electrons. The van der Waals surface area contributed by atoms with Gasteiger partial charge < -0.3 is 0 Å². The lowest BCUT2D eigenvalue weighted by molar-refractivity contribution is 1.27. The van der Waals surface area contributed by atoms with Gasteiger partial charge in [0.15, 0.2) is 0 Å². The average Bonchev–Trinajstić information content (AvgIpc) is 2.77. The van der Waals surface area contributed by atoms with Crippen molar-refractivity contribution in [2.75, 3.05) is 0 Å². The van der Waals surface area contributed by atoms with Crippen LogP contribution in [0.5, 0.6) is 0 Å². The second-order valence-corrected chi connectivity index (χ2v) is 9.39. The molecule has 0 fully saturated rings. The molecular formula is C27H26ClP. The summed E-state index contributed by atoms with van der Waals surface area (Å²) < 4.78 is 0. The first-order chi connectivity index (χ1) is 14.2. The quantitative estimate of drug-likeness (QED) is 0.263. The third kappa shape index (κ3) is 6.04. The van der Waals surface area contributed by atoms with Crippen LogP contribution in [0.15, 0.2) is 109 Å². The Morgan fingerprint density at radius 1 is 0.586 bits per heavy atom. The molecule has 0 bridgehead atoms. The van der Waals surface area contributed by atoms with Gasteiger partial charge >= 0.3 is 0 Å². The summed E-state index contributed by atoms with van der Waals surface area (Å²) in [7, 11) is -0.446. The van der Waals surface area contributed by atoms with E-state index in [1.54, 1.807) is 0 Å². The molecule has 0 amide bonds. The molecule has 0 aliphatic heterocycles. The van der Waals surface area contributed by atoms with Crippen LogP contribution in [0.2, 0.25) is 0 Å². The van der Waals surface area contributed by atoms with Crippen LogP contribution >= 0.6 is 19.5 Å². The Bertz CT molecular complexity index is 904. The van der Waals surface area contributed by atoms with Crippen molar-refractivity contribution < 1.29 is 0 Å². The Morgan fingerprint density at radius 3 is 1.34 bits per heavy atom. The number of hydrogen-bond donors (Lipinski definition) is 0. The van der Waals surface area contributed by atoms with Gasteiger partial charge in [0.1, 0.15) is 0 Å². The van der Waals surface area contributed by atoms with E-state index in [-0.39, 0.29) is 0 Å². The van der Waals surface area contributed by atoms with Crippen molar-refractivity contribution in [1.29, 1.82) is 0 Å². The van der Waals surface area contributed by atoms with E-state index >= 15 is 0 Å². The van der Waals surface area contributed by atoms with Gasteiger partial charge in [-0.2, -0.15) is 0 Å². The van der Waals surface area contributed by atoms with Crippen LogP contribution in [-0.4, -0.2) is 0 Å². The maximum absolute atomic E-state index is 5.68. The fourth-order valence-electron chi connectivity index (χ4n) is 3.17. The molecule has 0 heterocycles. The van der Waals surface area contributed by atoms with E-state index in [9.17, 15) is 0 Å². The number of halogens is 1. The van der Waals surface area contributed by atoms with Gasteiger partial charge in [0.05, 0.1) is 0 Å². The maximum Gasteiger partial charge on any atom is 0.0476 e. The number of rotatable bonds is 4. The molecule has 29 heavy (non-hydrogen) atoms. The number of hydrogen-bond acceptors (Lipinski definition) is 0. The van der Waals surface area contributed by atoms with E-state index in [1.165, 1.54) is 32.6 Å². The molecule has 4 aromatic rings. The molecular weight excluding hydrogens is 391 g/mol. The van der Waals surface area contributed by atoms with Crippen molar-refractivity contribution in [3.8, 4) is 0 Å². The van der Waals surface area contributed by atoms with E-state index < -0.39 is 7.92 Å². The van der Waals surface area contributed by atoms with Crippen LogP contribution < -0.4 is 15.9 Å². The Morgan fingerprint density at radius 2 is 1.00 bits per heavy atom. The minimum atomic E-state index is -0.446. The summed E-state index contributed by atoms with van der Waals surface area (Å²) in [6.07, 6.45) is 0. The highest BCUT2D eigenvalue weighted by molar-refractivity contribution is 7.79. The Labute approximate surface area is 181 Å². The third-order valence-corrected chi connectivity index (χ3v) is 7.42. The fraction of sp³-hybridized carbons (Fsp3) is 0.111. The zero-order chi connectivity index (χ0) is 20.5. The molecule has 4 rings (SSSR count). The molecule has 4 aromatic carbocycles. The lowest BCUT2D eigenvalue weighted by atomic mass is 10.1. The van der Waals surface area contributed by atoms with Gasteiger partial charge in [-0.1, -0.05) is 115 Å². The number of benzene rings is 4. The monoisotopic (exact) mass is 416 g/mol. The predicted molar refractivity (Wildman–Crippen MR) is 131 cm³/mol. The molecule has 0 aliphatic rings. The van der Waals surface area contributed by atoms with E-state index in [0.29, 0.717) is 5.88 Å². The summed E-state index contributed by atoms with van der Waals surface area (Å²) in [5.74, 6) is 0.617. The Hall–Kier alpha value is -2.40. The molecule has 0 N–H and O–H groups in total. The SMILES string of the molecule is Cc1ccc(CCl)c(C)c1.c1ccc(P(c2ccccc2)c2ccccc2)cc1. The highest BCUT2D eigenvalue weighted by atomic mass is 35.5. The molecule has 0 aliphatic carbocycles. The van der Waals surface area contributed by atoms with Crippen molar-refractivity contribution in [1.82, 2.24) is 0 Å². The molecule has 0 atom stereocenters. The predicted octanol–water partition coefficient (Wildman–Crippen LogP) is 6.49. The van der Waals surface area contributed by atoms with Crippen LogP contribution in [0, 0.1) is 13.8 Å². The van der Waals surface area contributed by atoms with Crippen LogP contribution in [0.4, 0.5) is 0 Å². The van der Waals surface area contributed by atoms with Crippen molar-refractivity contribution in [3.05, 3.63) is 126 Å². The highest BCUT2D eigenvalue weighted by Crippen LogP contribution is 2.32. The molecule has 0 saturated heterocycles. The first kappa shape index (κ1) is 21.3. The topological polar surface area (TPSA) is 0 Å². The van der Waals surface area contributed by atoms with Crippen molar-refractivity contribution in [2.45, 2.75) is 19.7 Å². The van der Waals surface area contributed by atoms with Crippen LogP contribution in [0.1, 0.15) is 16.7 Å². The summed E-state index contributed by atoms with van der Waals surface area (Å²) in [6, 6.07) is 38.6. The molecule has 0 radical (unpaired) electrons. The molecule has 0 unspecified atom stereocenters. The van der Waals surface area contributed by atoms with Gasteiger partial charge in [0, 0.05) is 5.88 Å². The lowest BCUT2D eigenvalue weighted by Gasteiger charge is -2.18. The van der Waals surface area contributed by atoms with Crippen molar-refractivity contribution in [2.24, 2.45) is 0 Å². The molecule has 0 saturated carbocycles. The van der Waals surface area contributed by atoms with E-state index in [1.807, 2.05) is 0 Å². The van der Waals surface area contributed by atoms with Crippen molar-refractivity contribution in [3.63, 3.8) is 0 Å². The highest BCUT2D eigenvalue weighted by Gasteiger charge is 2.14. The van der Waals surface area contributed by atoms with Gasteiger partial charge in [-0.25, -0.2) is 0 Å². The van der Waals surface area contributed by atoms with Gasteiger partial charge in [0.2, 0.25) is 0 Å². The summed E-state index contributed by atoms with van der Waals surface area (Å²) in [5, 5.41) is 4.19. The normalized spacial score (nSPS) is 10.3. The number of aryl methyl sites for hydroxylation is 2. The molecule has 2 heteroatoms. The second kappa shape index (κ2) is 11.0. The molecule has 0 spiro atoms. The molecule has 0 aromatic heterocycles. The van der Waals surface area contributed by atoms with Crippen LogP contribution in [0.3, 0.4) is 0 Å². The fourth-order valence-corrected chi connectivity index (χ4v) is 5.78. The lowest BCUT2D eigenvalue weighted by Crippen LogP contribution is -2.20. The molecule has 0 nitrogen and oxygen atoms in total. The first-order valence-electron chi connectivity index (χ1n) is 9.76. The first-order valence-corrected chi connectivity index (χ1v) is 11.6.